The van der Waals surface area contributed by atoms with E-state index in [2.05, 4.69) is 49.7 Å². The number of aryl methyl sites for hydroxylation is 1. The van der Waals surface area contributed by atoms with E-state index in [9.17, 15) is 0 Å². The lowest BCUT2D eigenvalue weighted by Crippen LogP contribution is -2.37. The highest BCUT2D eigenvalue weighted by Crippen LogP contribution is 2.23. The third-order valence-corrected chi connectivity index (χ3v) is 5.24. The Morgan fingerprint density at radius 2 is 1.86 bits per heavy atom. The van der Waals surface area contributed by atoms with Gasteiger partial charge < -0.3 is 20.9 Å². The third kappa shape index (κ3) is 5.04. The summed E-state index contributed by atoms with van der Waals surface area (Å²) in [5, 5.41) is 18.3. The molecule has 1 aromatic heterocycles. The Morgan fingerprint density at radius 1 is 1.14 bits per heavy atom. The molecule has 1 fully saturated rings. The fourth-order valence-corrected chi connectivity index (χ4v) is 3.37. The van der Waals surface area contributed by atoms with Crippen molar-refractivity contribution in [2.24, 2.45) is 0 Å². The standard InChI is InChI=1S/C22H29N7/c1-15-5-7-18(24-2)13-16(15)6-8-19(23)20-21(25-3)26-14-27-22(20)28-17-9-11-29(4)12-10-17/h5,7,13-14,17,23-24H,9-12H2,1-4H3,(H2,25,26,27,28). The fraction of sp³-hybridized carbons (Fsp3) is 0.409. The Kier molecular flexibility index (Phi) is 6.68. The van der Waals surface area contributed by atoms with Gasteiger partial charge in [-0.05, 0) is 63.5 Å². The molecule has 0 unspecified atom stereocenters. The molecule has 4 N–H and O–H groups in total. The summed E-state index contributed by atoms with van der Waals surface area (Å²) in [6.45, 7) is 4.12. The molecule has 0 amide bonds. The van der Waals surface area contributed by atoms with E-state index in [0.29, 0.717) is 23.2 Å². The number of rotatable bonds is 5. The molecule has 152 valence electrons. The third-order valence-electron chi connectivity index (χ3n) is 5.24. The minimum Gasteiger partial charge on any atom is -0.388 e. The van der Waals surface area contributed by atoms with Gasteiger partial charge >= 0.3 is 0 Å². The van der Waals surface area contributed by atoms with Gasteiger partial charge in [0.15, 0.2) is 0 Å². The molecule has 1 aliphatic heterocycles. The Hall–Kier alpha value is -3.11. The summed E-state index contributed by atoms with van der Waals surface area (Å²) in [5.74, 6) is 7.42. The first-order chi connectivity index (χ1) is 14.0. The number of hydrogen-bond acceptors (Lipinski definition) is 7. The number of nitrogens with one attached hydrogen (secondary N) is 4. The fourth-order valence-electron chi connectivity index (χ4n) is 3.37. The van der Waals surface area contributed by atoms with E-state index < -0.39 is 0 Å². The van der Waals surface area contributed by atoms with Crippen LogP contribution < -0.4 is 16.0 Å². The van der Waals surface area contributed by atoms with Gasteiger partial charge in [0.25, 0.3) is 0 Å². The molecule has 0 bridgehead atoms. The van der Waals surface area contributed by atoms with E-state index in [1.165, 1.54) is 6.33 Å². The number of anilines is 3. The van der Waals surface area contributed by atoms with E-state index in [4.69, 9.17) is 5.41 Å². The molecule has 1 saturated heterocycles. The van der Waals surface area contributed by atoms with Crippen LogP contribution in [-0.2, 0) is 0 Å². The molecule has 2 heterocycles. The Morgan fingerprint density at radius 3 is 2.55 bits per heavy atom. The summed E-state index contributed by atoms with van der Waals surface area (Å²) in [6, 6.07) is 6.37. The molecule has 0 spiro atoms. The number of hydrogen-bond donors (Lipinski definition) is 4. The van der Waals surface area contributed by atoms with Crippen molar-refractivity contribution < 1.29 is 0 Å². The molecule has 1 aromatic carbocycles. The summed E-state index contributed by atoms with van der Waals surface area (Å²) in [4.78, 5) is 11.0. The molecular formula is C22H29N7. The molecule has 2 aromatic rings. The van der Waals surface area contributed by atoms with Gasteiger partial charge in [0.05, 0.1) is 5.56 Å². The van der Waals surface area contributed by atoms with Gasteiger partial charge in [-0.1, -0.05) is 12.0 Å². The van der Waals surface area contributed by atoms with Crippen molar-refractivity contribution in [1.82, 2.24) is 14.9 Å². The van der Waals surface area contributed by atoms with Crippen LogP contribution in [0.5, 0.6) is 0 Å². The second-order valence-corrected chi connectivity index (χ2v) is 7.32. The van der Waals surface area contributed by atoms with Crippen molar-refractivity contribution >= 4 is 23.0 Å². The molecule has 0 aliphatic carbocycles. The van der Waals surface area contributed by atoms with Gasteiger partial charge in [0.1, 0.15) is 23.7 Å². The van der Waals surface area contributed by atoms with Crippen LogP contribution in [0, 0.1) is 24.2 Å². The first-order valence-corrected chi connectivity index (χ1v) is 9.89. The summed E-state index contributed by atoms with van der Waals surface area (Å²) >= 11 is 0. The molecule has 0 atom stereocenters. The van der Waals surface area contributed by atoms with E-state index in [0.717, 1.165) is 42.7 Å². The zero-order valence-electron chi connectivity index (χ0n) is 17.6. The first-order valence-electron chi connectivity index (χ1n) is 9.89. The molecule has 7 nitrogen and oxygen atoms in total. The lowest BCUT2D eigenvalue weighted by Gasteiger charge is -2.30. The number of nitrogens with zero attached hydrogens (tertiary/aromatic N) is 3. The number of likely N-dealkylation sites (tertiary alicyclic amines) is 1. The second-order valence-electron chi connectivity index (χ2n) is 7.32. The zero-order valence-corrected chi connectivity index (χ0v) is 17.6. The van der Waals surface area contributed by atoms with Crippen LogP contribution in [0.25, 0.3) is 0 Å². The van der Waals surface area contributed by atoms with Crippen LogP contribution in [0.1, 0.15) is 29.5 Å². The van der Waals surface area contributed by atoms with Crippen LogP contribution in [0.4, 0.5) is 17.3 Å². The van der Waals surface area contributed by atoms with Gasteiger partial charge in [-0.3, -0.25) is 5.41 Å². The van der Waals surface area contributed by atoms with Crippen molar-refractivity contribution in [3.05, 3.63) is 41.2 Å². The van der Waals surface area contributed by atoms with Gasteiger partial charge in [-0.15, -0.1) is 0 Å². The molecule has 3 rings (SSSR count). The minimum atomic E-state index is 0.194. The highest BCUT2D eigenvalue weighted by atomic mass is 15.1. The van der Waals surface area contributed by atoms with Crippen LogP contribution in [0.3, 0.4) is 0 Å². The molecule has 0 radical (unpaired) electrons. The van der Waals surface area contributed by atoms with E-state index in [1.807, 2.05) is 32.2 Å². The van der Waals surface area contributed by atoms with Gasteiger partial charge in [0.2, 0.25) is 0 Å². The molecule has 29 heavy (non-hydrogen) atoms. The normalized spacial score (nSPS) is 14.6. The van der Waals surface area contributed by atoms with E-state index in [1.54, 1.807) is 7.05 Å². The molecular weight excluding hydrogens is 362 g/mol. The number of benzene rings is 1. The molecule has 1 aliphatic rings. The predicted octanol–water partition coefficient (Wildman–Crippen LogP) is 2.79. The Labute approximate surface area is 172 Å². The van der Waals surface area contributed by atoms with E-state index >= 15 is 0 Å². The van der Waals surface area contributed by atoms with Crippen molar-refractivity contribution in [1.29, 1.82) is 5.41 Å². The average Bonchev–Trinajstić information content (AvgIpc) is 2.74. The largest absolute Gasteiger partial charge is 0.388 e. The van der Waals surface area contributed by atoms with Crippen LogP contribution in [-0.4, -0.2) is 60.9 Å². The lowest BCUT2D eigenvalue weighted by molar-refractivity contribution is 0.263. The van der Waals surface area contributed by atoms with Crippen LogP contribution in [0.2, 0.25) is 0 Å². The monoisotopic (exact) mass is 391 g/mol. The summed E-state index contributed by atoms with van der Waals surface area (Å²) in [6.07, 6.45) is 3.61. The summed E-state index contributed by atoms with van der Waals surface area (Å²) in [7, 11) is 5.82. The zero-order chi connectivity index (χ0) is 20.8. The van der Waals surface area contributed by atoms with Gasteiger partial charge in [-0.25, -0.2) is 9.97 Å². The SMILES string of the molecule is CNc1ccc(C)c(C#CC(=N)c2c(NC)ncnc2NC2CCN(C)CC2)c1. The maximum Gasteiger partial charge on any atom is 0.141 e. The van der Waals surface area contributed by atoms with Crippen molar-refractivity contribution in [2.45, 2.75) is 25.8 Å². The van der Waals surface area contributed by atoms with Gasteiger partial charge in [-0.2, -0.15) is 0 Å². The predicted molar refractivity (Wildman–Crippen MR) is 120 cm³/mol. The highest BCUT2D eigenvalue weighted by molar-refractivity contribution is 6.16. The first kappa shape index (κ1) is 20.6. The van der Waals surface area contributed by atoms with Crippen LogP contribution in [0.15, 0.2) is 24.5 Å². The number of aromatic nitrogens is 2. The second kappa shape index (κ2) is 9.39. The van der Waals surface area contributed by atoms with Gasteiger partial charge in [0, 0.05) is 31.4 Å². The topological polar surface area (TPSA) is 89.0 Å². The van der Waals surface area contributed by atoms with Crippen molar-refractivity contribution in [2.75, 3.05) is 50.2 Å². The maximum absolute atomic E-state index is 8.62. The molecule has 7 heteroatoms. The van der Waals surface area contributed by atoms with Crippen molar-refractivity contribution in [3.8, 4) is 11.8 Å². The Bertz CT molecular complexity index is 934. The minimum absolute atomic E-state index is 0.194. The lowest BCUT2D eigenvalue weighted by atomic mass is 10.0. The smallest absolute Gasteiger partial charge is 0.141 e. The van der Waals surface area contributed by atoms with E-state index in [-0.39, 0.29) is 5.71 Å². The Balaban J connectivity index is 1.88. The maximum atomic E-state index is 8.62. The van der Waals surface area contributed by atoms with Crippen LogP contribution >= 0.6 is 0 Å². The van der Waals surface area contributed by atoms with Crippen molar-refractivity contribution in [3.63, 3.8) is 0 Å². The average molecular weight is 392 g/mol. The highest BCUT2D eigenvalue weighted by Gasteiger charge is 2.21. The molecule has 0 saturated carbocycles. The summed E-state index contributed by atoms with van der Waals surface area (Å²) in [5.41, 5.74) is 3.78. The summed E-state index contributed by atoms with van der Waals surface area (Å²) < 4.78 is 0. The quantitative estimate of drug-likeness (QED) is 0.463. The number of piperidine rings is 1.